The van der Waals surface area contributed by atoms with E-state index in [2.05, 4.69) is 25.2 Å². The van der Waals surface area contributed by atoms with Crippen LogP contribution in [0.2, 0.25) is 0 Å². The van der Waals surface area contributed by atoms with E-state index in [0.717, 1.165) is 12.8 Å². The lowest BCUT2D eigenvalue weighted by molar-refractivity contribution is -0.125. The van der Waals surface area contributed by atoms with E-state index in [4.69, 9.17) is 9.47 Å². The summed E-state index contributed by atoms with van der Waals surface area (Å²) in [6.45, 7) is 4.32. The van der Waals surface area contributed by atoms with Crippen LogP contribution >= 0.6 is 0 Å². The van der Waals surface area contributed by atoms with Crippen LogP contribution in [-0.4, -0.2) is 30.6 Å². The van der Waals surface area contributed by atoms with Crippen molar-refractivity contribution in [2.24, 2.45) is 5.92 Å². The number of nitrogens with one attached hydrogen (secondary N) is 1. The molecule has 6 nitrogen and oxygen atoms in total. The molecule has 25 heavy (non-hydrogen) atoms. The molecule has 0 aliphatic heterocycles. The van der Waals surface area contributed by atoms with Crippen molar-refractivity contribution in [2.45, 2.75) is 45.1 Å². The van der Waals surface area contributed by atoms with Crippen LogP contribution in [0.3, 0.4) is 0 Å². The molecule has 1 amide bonds. The van der Waals surface area contributed by atoms with Crippen molar-refractivity contribution in [3.05, 3.63) is 29.8 Å². The lowest BCUT2D eigenvalue weighted by Gasteiger charge is -2.21. The molecular formula is C19H24N2O4. The summed E-state index contributed by atoms with van der Waals surface area (Å²) in [5.74, 6) is 0.0663. The van der Waals surface area contributed by atoms with Crippen molar-refractivity contribution in [2.75, 3.05) is 13.2 Å². The highest BCUT2D eigenvalue weighted by atomic mass is 16.5. The van der Waals surface area contributed by atoms with E-state index in [1.807, 2.05) is 0 Å². The van der Waals surface area contributed by atoms with Crippen molar-refractivity contribution < 1.29 is 19.1 Å². The maximum absolute atomic E-state index is 12.0. The van der Waals surface area contributed by atoms with Crippen molar-refractivity contribution in [1.82, 2.24) is 5.32 Å². The van der Waals surface area contributed by atoms with Crippen LogP contribution in [0, 0.1) is 17.2 Å². The molecule has 1 saturated carbocycles. The quantitative estimate of drug-likeness (QED) is 0.768. The van der Waals surface area contributed by atoms with E-state index in [1.54, 1.807) is 24.3 Å². The van der Waals surface area contributed by atoms with Crippen LogP contribution in [0.15, 0.2) is 24.3 Å². The Morgan fingerprint density at radius 1 is 1.24 bits per heavy atom. The predicted octanol–water partition coefficient (Wildman–Crippen LogP) is 2.83. The molecule has 1 aliphatic rings. The van der Waals surface area contributed by atoms with Crippen LogP contribution in [0.4, 0.5) is 0 Å². The van der Waals surface area contributed by atoms with Gasteiger partial charge in [-0.25, -0.2) is 4.79 Å². The molecular weight excluding hydrogens is 320 g/mol. The first-order valence-corrected chi connectivity index (χ1v) is 8.56. The van der Waals surface area contributed by atoms with Crippen molar-refractivity contribution in [1.29, 1.82) is 5.26 Å². The van der Waals surface area contributed by atoms with E-state index in [1.165, 1.54) is 0 Å². The molecule has 134 valence electrons. The molecule has 1 aliphatic carbocycles. The maximum atomic E-state index is 12.0. The standard InChI is InChI=1S/C19H24N2O4/c1-14(2)11-24-16-7-5-15(6-8-16)18(23)25-12-17(22)21-19(13-20)9-3-4-10-19/h5-8,14H,3-4,9-12H2,1-2H3,(H,21,22). The zero-order valence-corrected chi connectivity index (χ0v) is 14.7. The first kappa shape index (κ1) is 18.8. The summed E-state index contributed by atoms with van der Waals surface area (Å²) >= 11 is 0. The third-order valence-electron chi connectivity index (χ3n) is 4.06. The Labute approximate surface area is 148 Å². The van der Waals surface area contributed by atoms with Crippen molar-refractivity contribution in [3.8, 4) is 11.8 Å². The summed E-state index contributed by atoms with van der Waals surface area (Å²) in [6, 6.07) is 8.76. The highest BCUT2D eigenvalue weighted by molar-refractivity contribution is 5.91. The van der Waals surface area contributed by atoms with Crippen LogP contribution in [0.1, 0.15) is 49.9 Å². The molecule has 0 spiro atoms. The summed E-state index contributed by atoms with van der Waals surface area (Å²) in [5, 5.41) is 11.9. The Hall–Kier alpha value is -2.55. The summed E-state index contributed by atoms with van der Waals surface area (Å²) < 4.78 is 10.6. The van der Waals surface area contributed by atoms with Gasteiger partial charge in [0, 0.05) is 0 Å². The SMILES string of the molecule is CC(C)COc1ccc(C(=O)OCC(=O)NC2(C#N)CCCC2)cc1. The van der Waals surface area contributed by atoms with Crippen molar-refractivity contribution >= 4 is 11.9 Å². The summed E-state index contributed by atoms with van der Waals surface area (Å²) in [4.78, 5) is 23.9. The second-order valence-corrected chi connectivity index (χ2v) is 6.75. The lowest BCUT2D eigenvalue weighted by Crippen LogP contribution is -2.46. The Kier molecular flexibility index (Phi) is 6.40. The molecule has 0 atom stereocenters. The zero-order valence-electron chi connectivity index (χ0n) is 14.7. The number of ether oxygens (including phenoxy) is 2. The average Bonchev–Trinajstić information content (AvgIpc) is 3.07. The highest BCUT2D eigenvalue weighted by Gasteiger charge is 2.35. The molecule has 0 aromatic heterocycles. The van der Waals surface area contributed by atoms with Gasteiger partial charge in [0.15, 0.2) is 6.61 Å². The number of amides is 1. The van der Waals surface area contributed by atoms with E-state index in [-0.39, 0.29) is 0 Å². The summed E-state index contributed by atoms with van der Waals surface area (Å²) in [5.41, 5.74) is -0.459. The molecule has 1 fully saturated rings. The largest absolute Gasteiger partial charge is 0.493 e. The lowest BCUT2D eigenvalue weighted by atomic mass is 10.00. The Bertz CT molecular complexity index is 640. The molecule has 2 rings (SSSR count). The van der Waals surface area contributed by atoms with E-state index < -0.39 is 24.0 Å². The fourth-order valence-corrected chi connectivity index (χ4v) is 2.71. The first-order chi connectivity index (χ1) is 11.9. The Morgan fingerprint density at radius 2 is 1.88 bits per heavy atom. The van der Waals surface area contributed by atoms with Gasteiger partial charge in [-0.2, -0.15) is 5.26 Å². The molecule has 0 bridgehead atoms. The second kappa shape index (κ2) is 8.52. The van der Waals surface area contributed by atoms with Crippen LogP contribution in [0.25, 0.3) is 0 Å². The minimum atomic E-state index is -0.807. The maximum Gasteiger partial charge on any atom is 0.338 e. The van der Waals surface area contributed by atoms with Gasteiger partial charge in [0.2, 0.25) is 0 Å². The summed E-state index contributed by atoms with van der Waals surface area (Å²) in [7, 11) is 0. The number of hydrogen-bond donors (Lipinski definition) is 1. The van der Waals surface area contributed by atoms with Crippen LogP contribution in [0.5, 0.6) is 5.75 Å². The molecule has 0 heterocycles. The Balaban J connectivity index is 1.81. The number of hydrogen-bond acceptors (Lipinski definition) is 5. The van der Waals surface area contributed by atoms with Gasteiger partial charge in [-0.05, 0) is 55.9 Å². The van der Waals surface area contributed by atoms with E-state index in [9.17, 15) is 14.9 Å². The third kappa shape index (κ3) is 5.49. The molecule has 1 aromatic rings. The van der Waals surface area contributed by atoms with Gasteiger partial charge in [-0.15, -0.1) is 0 Å². The molecule has 1 aromatic carbocycles. The molecule has 0 saturated heterocycles. The molecule has 0 unspecified atom stereocenters. The van der Waals surface area contributed by atoms with Gasteiger partial charge >= 0.3 is 5.97 Å². The van der Waals surface area contributed by atoms with Crippen molar-refractivity contribution in [3.63, 3.8) is 0 Å². The van der Waals surface area contributed by atoms with Gasteiger partial charge in [0.05, 0.1) is 18.2 Å². The average molecular weight is 344 g/mol. The number of benzene rings is 1. The minimum absolute atomic E-state index is 0.348. The molecule has 1 N–H and O–H groups in total. The third-order valence-corrected chi connectivity index (χ3v) is 4.06. The smallest absolute Gasteiger partial charge is 0.338 e. The molecule has 0 radical (unpaired) electrons. The number of carbonyl (C=O) groups excluding carboxylic acids is 2. The van der Waals surface area contributed by atoms with Gasteiger partial charge in [0.1, 0.15) is 11.3 Å². The molecule has 6 heteroatoms. The summed E-state index contributed by atoms with van der Waals surface area (Å²) in [6.07, 6.45) is 3.11. The zero-order chi connectivity index (χ0) is 18.3. The fraction of sp³-hybridized carbons (Fsp3) is 0.526. The number of carbonyl (C=O) groups is 2. The number of esters is 1. The predicted molar refractivity (Wildman–Crippen MR) is 92.0 cm³/mol. The topological polar surface area (TPSA) is 88.4 Å². The Morgan fingerprint density at radius 3 is 2.44 bits per heavy atom. The monoisotopic (exact) mass is 344 g/mol. The van der Waals surface area contributed by atoms with E-state index >= 15 is 0 Å². The minimum Gasteiger partial charge on any atom is -0.493 e. The van der Waals surface area contributed by atoms with Crippen LogP contribution in [-0.2, 0) is 9.53 Å². The van der Waals surface area contributed by atoms with Gasteiger partial charge < -0.3 is 14.8 Å². The number of nitrogens with zero attached hydrogens (tertiary/aromatic N) is 1. The first-order valence-electron chi connectivity index (χ1n) is 8.56. The second-order valence-electron chi connectivity index (χ2n) is 6.75. The number of rotatable bonds is 7. The van der Waals surface area contributed by atoms with E-state index in [0.29, 0.717) is 36.7 Å². The fourth-order valence-electron chi connectivity index (χ4n) is 2.71. The highest BCUT2D eigenvalue weighted by Crippen LogP contribution is 2.28. The van der Waals surface area contributed by atoms with Crippen LogP contribution < -0.4 is 10.1 Å². The number of nitriles is 1. The van der Waals surface area contributed by atoms with Gasteiger partial charge in [-0.3, -0.25) is 4.79 Å². The van der Waals surface area contributed by atoms with Gasteiger partial charge in [0.25, 0.3) is 5.91 Å². The normalized spacial score (nSPS) is 15.4. The van der Waals surface area contributed by atoms with Gasteiger partial charge in [-0.1, -0.05) is 13.8 Å².